The number of carbonyl (C=O) groups is 1. The van der Waals surface area contributed by atoms with Gasteiger partial charge < -0.3 is 10.3 Å². The van der Waals surface area contributed by atoms with Gasteiger partial charge in [-0.15, -0.1) is 0 Å². The number of aromatic nitrogens is 2. The third-order valence-electron chi connectivity index (χ3n) is 3.44. The molecule has 3 rings (SSSR count). The summed E-state index contributed by atoms with van der Waals surface area (Å²) in [5, 5.41) is 2.94. The van der Waals surface area contributed by atoms with Crippen molar-refractivity contribution in [2.75, 3.05) is 5.32 Å². The molecule has 0 unspecified atom stereocenters. The van der Waals surface area contributed by atoms with E-state index in [-0.39, 0.29) is 5.91 Å². The van der Waals surface area contributed by atoms with E-state index >= 15 is 0 Å². The summed E-state index contributed by atoms with van der Waals surface area (Å²) < 4.78 is 0. The summed E-state index contributed by atoms with van der Waals surface area (Å²) in [7, 11) is 0. The van der Waals surface area contributed by atoms with Crippen molar-refractivity contribution in [1.82, 2.24) is 9.97 Å². The Kier molecular flexibility index (Phi) is 4.30. The number of aryl methyl sites for hydroxylation is 1. The molecule has 2 N–H and O–H groups in total. The highest BCUT2D eigenvalue weighted by molar-refractivity contribution is 5.91. The molecule has 2 aromatic carbocycles. The number of carbonyl (C=O) groups excluding carboxylic acids is 1. The number of rotatable bonds is 5. The fourth-order valence-corrected chi connectivity index (χ4v) is 2.30. The molecule has 0 saturated heterocycles. The number of nitrogens with one attached hydrogen (secondary N) is 2. The normalized spacial score (nSPS) is 10.4. The summed E-state index contributed by atoms with van der Waals surface area (Å²) in [4.78, 5) is 19.1. The van der Waals surface area contributed by atoms with E-state index in [1.54, 1.807) is 12.5 Å². The molecule has 0 bridgehead atoms. The van der Waals surface area contributed by atoms with Crippen molar-refractivity contribution in [3.05, 3.63) is 72.7 Å². The molecule has 110 valence electrons. The highest BCUT2D eigenvalue weighted by atomic mass is 16.1. The molecule has 0 spiro atoms. The zero-order chi connectivity index (χ0) is 15.2. The Hall–Kier alpha value is -2.88. The van der Waals surface area contributed by atoms with Crippen LogP contribution in [0.25, 0.3) is 11.3 Å². The molecular formula is C18H17N3O. The highest BCUT2D eigenvalue weighted by Gasteiger charge is 2.05. The predicted octanol–water partition coefficient (Wildman–Crippen LogP) is 3.65. The molecule has 0 fully saturated rings. The number of amides is 1. The topological polar surface area (TPSA) is 57.8 Å². The molecule has 0 atom stereocenters. The van der Waals surface area contributed by atoms with Gasteiger partial charge in [0.15, 0.2) is 0 Å². The SMILES string of the molecule is O=C(CCc1ccccc1)Nc1cccc(-c2cnc[nH]2)c1. The fourth-order valence-electron chi connectivity index (χ4n) is 2.30. The number of anilines is 1. The van der Waals surface area contributed by atoms with E-state index in [9.17, 15) is 4.79 Å². The third kappa shape index (κ3) is 3.61. The zero-order valence-corrected chi connectivity index (χ0v) is 12.1. The van der Waals surface area contributed by atoms with Crippen LogP contribution in [0.2, 0.25) is 0 Å². The number of H-pyrrole nitrogens is 1. The van der Waals surface area contributed by atoms with Crippen LogP contribution >= 0.6 is 0 Å². The van der Waals surface area contributed by atoms with Crippen LogP contribution < -0.4 is 5.32 Å². The lowest BCUT2D eigenvalue weighted by Crippen LogP contribution is -2.12. The maximum atomic E-state index is 12.1. The van der Waals surface area contributed by atoms with Gasteiger partial charge in [0.2, 0.25) is 5.91 Å². The maximum absolute atomic E-state index is 12.1. The maximum Gasteiger partial charge on any atom is 0.224 e. The first-order valence-corrected chi connectivity index (χ1v) is 7.24. The standard InChI is InChI=1S/C18H17N3O/c22-18(10-9-14-5-2-1-3-6-14)21-16-8-4-7-15(11-16)17-12-19-13-20-17/h1-8,11-13H,9-10H2,(H,19,20)(H,21,22). The molecule has 0 radical (unpaired) electrons. The Morgan fingerprint density at radius 2 is 1.95 bits per heavy atom. The second-order valence-electron chi connectivity index (χ2n) is 5.08. The van der Waals surface area contributed by atoms with Crippen molar-refractivity contribution in [3.8, 4) is 11.3 Å². The van der Waals surface area contributed by atoms with E-state index in [0.717, 1.165) is 23.4 Å². The number of hydrogen-bond acceptors (Lipinski definition) is 2. The monoisotopic (exact) mass is 291 g/mol. The predicted molar refractivity (Wildman–Crippen MR) is 87.4 cm³/mol. The summed E-state index contributed by atoms with van der Waals surface area (Å²) in [6.07, 6.45) is 4.61. The van der Waals surface area contributed by atoms with Gasteiger partial charge in [-0.1, -0.05) is 42.5 Å². The van der Waals surface area contributed by atoms with Crippen LogP contribution in [0.5, 0.6) is 0 Å². The number of imidazole rings is 1. The summed E-state index contributed by atoms with van der Waals surface area (Å²) in [5.41, 5.74) is 3.90. The first-order chi connectivity index (χ1) is 10.8. The average Bonchev–Trinajstić information content (AvgIpc) is 3.09. The van der Waals surface area contributed by atoms with Crippen molar-refractivity contribution in [2.24, 2.45) is 0 Å². The van der Waals surface area contributed by atoms with Gasteiger partial charge in [0.25, 0.3) is 0 Å². The molecule has 3 aromatic rings. The van der Waals surface area contributed by atoms with Gasteiger partial charge in [0, 0.05) is 17.7 Å². The zero-order valence-electron chi connectivity index (χ0n) is 12.1. The molecule has 0 aliphatic rings. The van der Waals surface area contributed by atoms with Gasteiger partial charge in [-0.2, -0.15) is 0 Å². The minimum atomic E-state index is 0.0191. The van der Waals surface area contributed by atoms with Gasteiger partial charge in [0.05, 0.1) is 18.2 Å². The minimum Gasteiger partial charge on any atom is -0.345 e. The molecule has 1 heterocycles. The lowest BCUT2D eigenvalue weighted by Gasteiger charge is -2.07. The highest BCUT2D eigenvalue weighted by Crippen LogP contribution is 2.20. The van der Waals surface area contributed by atoms with E-state index in [0.29, 0.717) is 6.42 Å². The molecule has 1 amide bonds. The molecule has 0 aliphatic carbocycles. The Labute approximate surface area is 129 Å². The molecule has 4 nitrogen and oxygen atoms in total. The third-order valence-corrected chi connectivity index (χ3v) is 3.44. The van der Waals surface area contributed by atoms with Crippen molar-refractivity contribution < 1.29 is 4.79 Å². The smallest absolute Gasteiger partial charge is 0.224 e. The van der Waals surface area contributed by atoms with E-state index in [1.807, 2.05) is 54.6 Å². The van der Waals surface area contributed by atoms with E-state index in [4.69, 9.17) is 0 Å². The summed E-state index contributed by atoms with van der Waals surface area (Å²) in [5.74, 6) is 0.0191. The molecule has 4 heteroatoms. The van der Waals surface area contributed by atoms with Crippen molar-refractivity contribution in [2.45, 2.75) is 12.8 Å². The average molecular weight is 291 g/mol. The van der Waals surface area contributed by atoms with E-state index < -0.39 is 0 Å². The van der Waals surface area contributed by atoms with Crippen molar-refractivity contribution in [1.29, 1.82) is 0 Å². The van der Waals surface area contributed by atoms with Crippen molar-refractivity contribution in [3.63, 3.8) is 0 Å². The van der Waals surface area contributed by atoms with Gasteiger partial charge in [-0.3, -0.25) is 4.79 Å². The van der Waals surface area contributed by atoms with Gasteiger partial charge in [-0.05, 0) is 24.1 Å². The number of aromatic amines is 1. The van der Waals surface area contributed by atoms with Crippen LogP contribution in [0.15, 0.2) is 67.1 Å². The Morgan fingerprint density at radius 3 is 2.73 bits per heavy atom. The van der Waals surface area contributed by atoms with Crippen LogP contribution in [-0.4, -0.2) is 15.9 Å². The minimum absolute atomic E-state index is 0.0191. The number of nitrogens with zero attached hydrogens (tertiary/aromatic N) is 1. The first kappa shape index (κ1) is 14.1. The van der Waals surface area contributed by atoms with Crippen LogP contribution in [0.4, 0.5) is 5.69 Å². The van der Waals surface area contributed by atoms with Crippen molar-refractivity contribution >= 4 is 11.6 Å². The quantitative estimate of drug-likeness (QED) is 0.754. The number of hydrogen-bond donors (Lipinski definition) is 2. The van der Waals surface area contributed by atoms with E-state index in [2.05, 4.69) is 15.3 Å². The lowest BCUT2D eigenvalue weighted by atomic mass is 10.1. The molecule has 0 saturated carbocycles. The summed E-state index contributed by atoms with van der Waals surface area (Å²) in [6.45, 7) is 0. The van der Waals surface area contributed by atoms with Gasteiger partial charge >= 0.3 is 0 Å². The molecule has 1 aromatic heterocycles. The Bertz CT molecular complexity index is 736. The molecule has 22 heavy (non-hydrogen) atoms. The first-order valence-electron chi connectivity index (χ1n) is 7.24. The second-order valence-corrected chi connectivity index (χ2v) is 5.08. The molecular weight excluding hydrogens is 274 g/mol. The summed E-state index contributed by atoms with van der Waals surface area (Å²) in [6, 6.07) is 17.7. The van der Waals surface area contributed by atoms with E-state index in [1.165, 1.54) is 5.56 Å². The Balaban J connectivity index is 1.61. The van der Waals surface area contributed by atoms with Gasteiger partial charge in [-0.25, -0.2) is 4.98 Å². The largest absolute Gasteiger partial charge is 0.345 e. The fraction of sp³-hybridized carbons (Fsp3) is 0.111. The molecule has 0 aliphatic heterocycles. The van der Waals surface area contributed by atoms with Crippen LogP contribution in [0.1, 0.15) is 12.0 Å². The summed E-state index contributed by atoms with van der Waals surface area (Å²) >= 11 is 0. The van der Waals surface area contributed by atoms with Gasteiger partial charge in [0.1, 0.15) is 0 Å². The Morgan fingerprint density at radius 1 is 1.09 bits per heavy atom. The van der Waals surface area contributed by atoms with Crippen LogP contribution in [-0.2, 0) is 11.2 Å². The van der Waals surface area contributed by atoms with Crippen LogP contribution in [0, 0.1) is 0 Å². The number of benzene rings is 2. The van der Waals surface area contributed by atoms with Crippen LogP contribution in [0.3, 0.4) is 0 Å². The second kappa shape index (κ2) is 6.72. The lowest BCUT2D eigenvalue weighted by molar-refractivity contribution is -0.116.